The standard InChI is InChI=1S/C13H15NO2S/c1-8-5-10(6-9(2)12(8)15-3)11-7-17-13(14-11)16-4/h5-7H,1-4H3. The van der Waals surface area contributed by atoms with Crippen molar-refractivity contribution in [2.75, 3.05) is 14.2 Å². The molecule has 0 saturated carbocycles. The fourth-order valence-corrected chi connectivity index (χ4v) is 2.55. The second kappa shape index (κ2) is 4.75. The first kappa shape index (κ1) is 11.9. The van der Waals surface area contributed by atoms with Gasteiger partial charge in [0.2, 0.25) is 0 Å². The molecule has 0 atom stereocenters. The monoisotopic (exact) mass is 249 g/mol. The summed E-state index contributed by atoms with van der Waals surface area (Å²) in [4.78, 5) is 4.39. The van der Waals surface area contributed by atoms with Crippen LogP contribution in [0.4, 0.5) is 0 Å². The predicted molar refractivity (Wildman–Crippen MR) is 70.1 cm³/mol. The van der Waals surface area contributed by atoms with E-state index in [0.29, 0.717) is 5.19 Å². The topological polar surface area (TPSA) is 31.4 Å². The molecule has 17 heavy (non-hydrogen) atoms. The third kappa shape index (κ3) is 2.26. The SMILES string of the molecule is COc1nc(-c2cc(C)c(OC)c(C)c2)cs1. The van der Waals surface area contributed by atoms with E-state index in [2.05, 4.69) is 17.1 Å². The molecule has 0 radical (unpaired) electrons. The zero-order valence-electron chi connectivity index (χ0n) is 10.4. The van der Waals surface area contributed by atoms with Crippen molar-refractivity contribution in [1.82, 2.24) is 4.98 Å². The molecule has 0 bridgehead atoms. The van der Waals surface area contributed by atoms with Gasteiger partial charge in [-0.05, 0) is 37.1 Å². The summed E-state index contributed by atoms with van der Waals surface area (Å²) in [5.41, 5.74) is 4.28. The van der Waals surface area contributed by atoms with Gasteiger partial charge < -0.3 is 9.47 Å². The van der Waals surface area contributed by atoms with Crippen molar-refractivity contribution in [3.63, 3.8) is 0 Å². The highest BCUT2D eigenvalue weighted by molar-refractivity contribution is 7.11. The van der Waals surface area contributed by atoms with Gasteiger partial charge in [0.25, 0.3) is 5.19 Å². The highest BCUT2D eigenvalue weighted by Gasteiger charge is 2.09. The summed E-state index contributed by atoms with van der Waals surface area (Å²) in [6.07, 6.45) is 0. The highest BCUT2D eigenvalue weighted by Crippen LogP contribution is 2.31. The molecule has 0 aliphatic carbocycles. The number of hydrogen-bond acceptors (Lipinski definition) is 4. The summed E-state index contributed by atoms with van der Waals surface area (Å²) in [5.74, 6) is 0.941. The molecule has 0 N–H and O–H groups in total. The molecule has 2 rings (SSSR count). The van der Waals surface area contributed by atoms with Crippen LogP contribution >= 0.6 is 11.3 Å². The second-order valence-corrected chi connectivity index (χ2v) is 4.67. The Morgan fingerprint density at radius 2 is 1.71 bits per heavy atom. The first-order chi connectivity index (χ1) is 8.15. The van der Waals surface area contributed by atoms with Crippen LogP contribution in [0.3, 0.4) is 0 Å². The summed E-state index contributed by atoms with van der Waals surface area (Å²) in [6, 6.07) is 4.17. The number of benzene rings is 1. The number of aromatic nitrogens is 1. The Bertz CT molecular complexity index is 511. The molecule has 0 amide bonds. The molecule has 4 heteroatoms. The van der Waals surface area contributed by atoms with E-state index >= 15 is 0 Å². The molecule has 1 heterocycles. The number of rotatable bonds is 3. The first-order valence-electron chi connectivity index (χ1n) is 5.31. The van der Waals surface area contributed by atoms with Crippen LogP contribution in [-0.4, -0.2) is 19.2 Å². The lowest BCUT2D eigenvalue weighted by molar-refractivity contribution is 0.408. The summed E-state index contributed by atoms with van der Waals surface area (Å²) >= 11 is 1.50. The molecule has 2 aromatic rings. The number of hydrogen-bond donors (Lipinski definition) is 0. The number of methoxy groups -OCH3 is 2. The maximum Gasteiger partial charge on any atom is 0.273 e. The van der Waals surface area contributed by atoms with E-state index in [1.54, 1.807) is 14.2 Å². The fraction of sp³-hybridized carbons (Fsp3) is 0.308. The van der Waals surface area contributed by atoms with Gasteiger partial charge in [-0.3, -0.25) is 0 Å². The van der Waals surface area contributed by atoms with Crippen LogP contribution in [0.2, 0.25) is 0 Å². The van der Waals surface area contributed by atoms with Gasteiger partial charge in [0.15, 0.2) is 0 Å². The Balaban J connectivity index is 2.46. The molecular weight excluding hydrogens is 234 g/mol. The Kier molecular flexibility index (Phi) is 3.33. The van der Waals surface area contributed by atoms with Crippen molar-refractivity contribution in [2.24, 2.45) is 0 Å². The van der Waals surface area contributed by atoms with E-state index in [0.717, 1.165) is 28.1 Å². The van der Waals surface area contributed by atoms with Crippen molar-refractivity contribution >= 4 is 11.3 Å². The highest BCUT2D eigenvalue weighted by atomic mass is 32.1. The van der Waals surface area contributed by atoms with Gasteiger partial charge in [0, 0.05) is 10.9 Å². The Hall–Kier alpha value is -1.55. The zero-order valence-corrected chi connectivity index (χ0v) is 11.2. The van der Waals surface area contributed by atoms with Gasteiger partial charge in [0.1, 0.15) is 5.75 Å². The number of ether oxygens (including phenoxy) is 2. The predicted octanol–water partition coefficient (Wildman–Crippen LogP) is 3.44. The Morgan fingerprint density at radius 3 is 2.18 bits per heavy atom. The number of nitrogens with zero attached hydrogens (tertiary/aromatic N) is 1. The van der Waals surface area contributed by atoms with Gasteiger partial charge in [-0.15, -0.1) is 0 Å². The van der Waals surface area contributed by atoms with Crippen molar-refractivity contribution < 1.29 is 9.47 Å². The largest absolute Gasteiger partial charge is 0.496 e. The fourth-order valence-electron chi connectivity index (χ4n) is 1.90. The van der Waals surface area contributed by atoms with Crippen LogP contribution in [0.15, 0.2) is 17.5 Å². The molecule has 0 saturated heterocycles. The van der Waals surface area contributed by atoms with E-state index < -0.39 is 0 Å². The van der Waals surface area contributed by atoms with Crippen LogP contribution in [0.1, 0.15) is 11.1 Å². The lowest BCUT2D eigenvalue weighted by atomic mass is 10.0. The minimum Gasteiger partial charge on any atom is -0.496 e. The van der Waals surface area contributed by atoms with E-state index in [1.807, 2.05) is 19.2 Å². The van der Waals surface area contributed by atoms with E-state index in [9.17, 15) is 0 Å². The van der Waals surface area contributed by atoms with Crippen molar-refractivity contribution in [1.29, 1.82) is 0 Å². The summed E-state index contributed by atoms with van der Waals surface area (Å²) in [5, 5.41) is 2.69. The Morgan fingerprint density at radius 1 is 1.06 bits per heavy atom. The lowest BCUT2D eigenvalue weighted by Crippen LogP contribution is -1.92. The quantitative estimate of drug-likeness (QED) is 0.835. The van der Waals surface area contributed by atoms with Gasteiger partial charge in [0.05, 0.1) is 19.9 Å². The molecule has 0 fully saturated rings. The van der Waals surface area contributed by atoms with Crippen LogP contribution < -0.4 is 9.47 Å². The smallest absolute Gasteiger partial charge is 0.273 e. The third-order valence-electron chi connectivity index (χ3n) is 2.62. The zero-order chi connectivity index (χ0) is 12.4. The maximum absolute atomic E-state index is 5.35. The van der Waals surface area contributed by atoms with Crippen molar-refractivity contribution in [3.05, 3.63) is 28.6 Å². The van der Waals surface area contributed by atoms with E-state index in [-0.39, 0.29) is 0 Å². The van der Waals surface area contributed by atoms with Gasteiger partial charge in [-0.25, -0.2) is 4.98 Å². The van der Waals surface area contributed by atoms with Crippen molar-refractivity contribution in [3.8, 4) is 22.2 Å². The number of aryl methyl sites for hydroxylation is 2. The average molecular weight is 249 g/mol. The minimum atomic E-state index is 0.686. The van der Waals surface area contributed by atoms with E-state index in [4.69, 9.17) is 9.47 Å². The normalized spacial score (nSPS) is 10.4. The van der Waals surface area contributed by atoms with Crippen LogP contribution in [-0.2, 0) is 0 Å². The third-order valence-corrected chi connectivity index (χ3v) is 3.42. The van der Waals surface area contributed by atoms with Crippen LogP contribution in [0, 0.1) is 13.8 Å². The van der Waals surface area contributed by atoms with Crippen LogP contribution in [0.25, 0.3) is 11.3 Å². The first-order valence-corrected chi connectivity index (χ1v) is 6.18. The van der Waals surface area contributed by atoms with Gasteiger partial charge in [-0.2, -0.15) is 0 Å². The van der Waals surface area contributed by atoms with Gasteiger partial charge >= 0.3 is 0 Å². The molecular formula is C13H15NO2S. The Labute approximate surface area is 105 Å². The number of thiazole rings is 1. The lowest BCUT2D eigenvalue weighted by Gasteiger charge is -2.10. The maximum atomic E-state index is 5.35. The molecule has 0 unspecified atom stereocenters. The summed E-state index contributed by atoms with van der Waals surface area (Å²) < 4.78 is 10.5. The molecule has 0 aliphatic heterocycles. The molecule has 1 aromatic heterocycles. The van der Waals surface area contributed by atoms with Crippen molar-refractivity contribution in [2.45, 2.75) is 13.8 Å². The summed E-state index contributed by atoms with van der Waals surface area (Å²) in [7, 11) is 3.33. The summed E-state index contributed by atoms with van der Waals surface area (Å²) in [6.45, 7) is 4.08. The molecule has 0 spiro atoms. The van der Waals surface area contributed by atoms with Crippen LogP contribution in [0.5, 0.6) is 10.9 Å². The minimum absolute atomic E-state index is 0.686. The molecule has 1 aromatic carbocycles. The van der Waals surface area contributed by atoms with E-state index in [1.165, 1.54) is 11.3 Å². The molecule has 90 valence electrons. The molecule has 3 nitrogen and oxygen atoms in total. The van der Waals surface area contributed by atoms with Gasteiger partial charge in [-0.1, -0.05) is 11.3 Å². The molecule has 0 aliphatic rings. The average Bonchev–Trinajstić information content (AvgIpc) is 2.77. The second-order valence-electron chi connectivity index (χ2n) is 3.85.